The first-order chi connectivity index (χ1) is 5.36. The summed E-state index contributed by atoms with van der Waals surface area (Å²) in [4.78, 5) is 0. The van der Waals surface area contributed by atoms with Crippen molar-refractivity contribution in [1.82, 2.24) is 9.78 Å². The SMILES string of the molecule is NC1CCn2nccc2OC1. The van der Waals surface area contributed by atoms with E-state index in [1.807, 2.05) is 10.7 Å². The Hall–Kier alpha value is -1.03. The molecule has 0 aromatic carbocycles. The highest BCUT2D eigenvalue weighted by Crippen LogP contribution is 2.13. The molecule has 4 nitrogen and oxygen atoms in total. The lowest BCUT2D eigenvalue weighted by Gasteiger charge is -2.04. The zero-order chi connectivity index (χ0) is 7.68. The van der Waals surface area contributed by atoms with Crippen molar-refractivity contribution < 1.29 is 4.74 Å². The third kappa shape index (κ3) is 1.21. The third-order valence-electron chi connectivity index (χ3n) is 1.83. The Bertz CT molecular complexity index is 223. The van der Waals surface area contributed by atoms with E-state index in [4.69, 9.17) is 10.5 Å². The lowest BCUT2D eigenvalue weighted by molar-refractivity contribution is 0.285. The van der Waals surface area contributed by atoms with Crippen molar-refractivity contribution in [2.45, 2.75) is 19.0 Å². The van der Waals surface area contributed by atoms with E-state index in [-0.39, 0.29) is 6.04 Å². The molecule has 0 fully saturated rings. The molecule has 0 saturated heterocycles. The third-order valence-corrected chi connectivity index (χ3v) is 1.83. The predicted octanol–water partition coefficient (Wildman–Crippen LogP) is -0.00710. The maximum Gasteiger partial charge on any atom is 0.211 e. The van der Waals surface area contributed by atoms with E-state index < -0.39 is 0 Å². The van der Waals surface area contributed by atoms with Crippen molar-refractivity contribution in [2.24, 2.45) is 5.73 Å². The molecule has 1 unspecified atom stereocenters. The van der Waals surface area contributed by atoms with E-state index in [1.54, 1.807) is 6.20 Å². The van der Waals surface area contributed by atoms with Crippen LogP contribution >= 0.6 is 0 Å². The summed E-state index contributed by atoms with van der Waals surface area (Å²) in [5.74, 6) is 0.831. The second-order valence-electron chi connectivity index (χ2n) is 2.75. The van der Waals surface area contributed by atoms with E-state index in [1.165, 1.54) is 0 Å². The maximum atomic E-state index is 5.71. The highest BCUT2D eigenvalue weighted by Gasteiger charge is 2.12. The lowest BCUT2D eigenvalue weighted by Crippen LogP contribution is -2.26. The molecule has 4 heteroatoms. The molecule has 2 rings (SSSR count). The van der Waals surface area contributed by atoms with E-state index in [0.29, 0.717) is 6.61 Å². The molecule has 0 spiro atoms. The quantitative estimate of drug-likeness (QED) is 0.570. The van der Waals surface area contributed by atoms with E-state index in [9.17, 15) is 0 Å². The summed E-state index contributed by atoms with van der Waals surface area (Å²) in [6.07, 6.45) is 2.68. The molecule has 0 radical (unpaired) electrons. The van der Waals surface area contributed by atoms with Crippen molar-refractivity contribution in [1.29, 1.82) is 0 Å². The van der Waals surface area contributed by atoms with Crippen molar-refractivity contribution in [3.8, 4) is 5.88 Å². The van der Waals surface area contributed by atoms with Gasteiger partial charge in [0.25, 0.3) is 0 Å². The zero-order valence-corrected chi connectivity index (χ0v) is 6.23. The smallest absolute Gasteiger partial charge is 0.211 e. The molecule has 0 bridgehead atoms. The molecule has 1 aromatic heterocycles. The summed E-state index contributed by atoms with van der Waals surface area (Å²) in [7, 11) is 0. The average molecular weight is 153 g/mol. The van der Waals surface area contributed by atoms with Gasteiger partial charge in [0, 0.05) is 18.7 Å². The Kier molecular flexibility index (Phi) is 1.54. The van der Waals surface area contributed by atoms with E-state index >= 15 is 0 Å². The van der Waals surface area contributed by atoms with Crippen LogP contribution in [-0.4, -0.2) is 22.4 Å². The van der Waals surface area contributed by atoms with Gasteiger partial charge in [-0.05, 0) is 6.42 Å². The number of aromatic nitrogens is 2. The minimum atomic E-state index is 0.150. The topological polar surface area (TPSA) is 53.1 Å². The summed E-state index contributed by atoms with van der Waals surface area (Å²) in [5.41, 5.74) is 5.71. The van der Waals surface area contributed by atoms with Crippen molar-refractivity contribution in [2.75, 3.05) is 6.61 Å². The summed E-state index contributed by atoms with van der Waals surface area (Å²) in [5, 5.41) is 4.09. The maximum absolute atomic E-state index is 5.71. The number of hydrogen-bond acceptors (Lipinski definition) is 3. The molecular formula is C7H11N3O. The van der Waals surface area contributed by atoms with Crippen molar-refractivity contribution in [3.63, 3.8) is 0 Å². The molecule has 11 heavy (non-hydrogen) atoms. The molecule has 0 amide bonds. The number of aryl methyl sites for hydroxylation is 1. The number of ether oxygens (including phenoxy) is 1. The molecule has 2 N–H and O–H groups in total. The summed E-state index contributed by atoms with van der Waals surface area (Å²) in [6, 6.07) is 2.01. The Balaban J connectivity index is 2.20. The molecule has 1 atom stereocenters. The van der Waals surface area contributed by atoms with Crippen LogP contribution in [-0.2, 0) is 6.54 Å². The van der Waals surface area contributed by atoms with Gasteiger partial charge < -0.3 is 10.5 Å². The Morgan fingerprint density at radius 2 is 2.64 bits per heavy atom. The van der Waals surface area contributed by atoms with Crippen LogP contribution in [0.15, 0.2) is 12.3 Å². The molecule has 60 valence electrons. The molecular weight excluding hydrogens is 142 g/mol. The fraction of sp³-hybridized carbons (Fsp3) is 0.571. The Morgan fingerprint density at radius 1 is 1.73 bits per heavy atom. The zero-order valence-electron chi connectivity index (χ0n) is 6.23. The van der Waals surface area contributed by atoms with Crippen LogP contribution in [0.3, 0.4) is 0 Å². The average Bonchev–Trinajstić information content (AvgIpc) is 2.38. The molecule has 0 saturated carbocycles. The Morgan fingerprint density at radius 3 is 3.55 bits per heavy atom. The monoisotopic (exact) mass is 153 g/mol. The van der Waals surface area contributed by atoms with Gasteiger partial charge in [0.1, 0.15) is 6.61 Å². The van der Waals surface area contributed by atoms with Crippen molar-refractivity contribution in [3.05, 3.63) is 12.3 Å². The van der Waals surface area contributed by atoms with Gasteiger partial charge in [-0.25, -0.2) is 4.68 Å². The fourth-order valence-electron chi connectivity index (χ4n) is 1.17. The van der Waals surface area contributed by atoms with Crippen LogP contribution in [0.25, 0.3) is 0 Å². The second kappa shape index (κ2) is 2.54. The largest absolute Gasteiger partial charge is 0.476 e. The van der Waals surface area contributed by atoms with Crippen LogP contribution in [0.4, 0.5) is 0 Å². The molecule has 0 aliphatic carbocycles. The standard InChI is InChI=1S/C7H11N3O/c8-6-2-4-10-7(11-5-6)1-3-9-10/h1,3,6H,2,4-5,8H2. The van der Waals surface area contributed by atoms with E-state index in [2.05, 4.69) is 5.10 Å². The number of hydrogen-bond donors (Lipinski definition) is 1. The molecule has 1 aliphatic rings. The van der Waals surface area contributed by atoms with Gasteiger partial charge in [-0.2, -0.15) is 5.10 Å². The summed E-state index contributed by atoms with van der Waals surface area (Å²) in [6.45, 7) is 1.47. The normalized spacial score (nSPS) is 23.5. The van der Waals surface area contributed by atoms with Crippen molar-refractivity contribution >= 4 is 0 Å². The minimum absolute atomic E-state index is 0.150. The summed E-state index contributed by atoms with van der Waals surface area (Å²) >= 11 is 0. The second-order valence-corrected chi connectivity index (χ2v) is 2.75. The fourth-order valence-corrected chi connectivity index (χ4v) is 1.17. The first-order valence-electron chi connectivity index (χ1n) is 3.76. The first kappa shape index (κ1) is 6.67. The lowest BCUT2D eigenvalue weighted by atomic mass is 10.2. The van der Waals surface area contributed by atoms with Crippen LogP contribution < -0.4 is 10.5 Å². The molecule has 1 aliphatic heterocycles. The van der Waals surface area contributed by atoms with Crippen LogP contribution in [0.2, 0.25) is 0 Å². The molecule has 2 heterocycles. The predicted molar refractivity (Wildman–Crippen MR) is 40.3 cm³/mol. The van der Waals surface area contributed by atoms with Gasteiger partial charge in [-0.3, -0.25) is 0 Å². The van der Waals surface area contributed by atoms with E-state index in [0.717, 1.165) is 18.8 Å². The van der Waals surface area contributed by atoms with Crippen LogP contribution in [0, 0.1) is 0 Å². The van der Waals surface area contributed by atoms with Gasteiger partial charge >= 0.3 is 0 Å². The number of nitrogens with two attached hydrogens (primary N) is 1. The van der Waals surface area contributed by atoms with Crippen LogP contribution in [0.5, 0.6) is 5.88 Å². The first-order valence-corrected chi connectivity index (χ1v) is 3.76. The minimum Gasteiger partial charge on any atom is -0.476 e. The van der Waals surface area contributed by atoms with Gasteiger partial charge in [0.15, 0.2) is 0 Å². The summed E-state index contributed by atoms with van der Waals surface area (Å²) < 4.78 is 7.22. The highest BCUT2D eigenvalue weighted by molar-refractivity contribution is 5.08. The van der Waals surface area contributed by atoms with Crippen LogP contribution in [0.1, 0.15) is 6.42 Å². The Labute approximate surface area is 64.9 Å². The van der Waals surface area contributed by atoms with Gasteiger partial charge in [-0.15, -0.1) is 0 Å². The number of rotatable bonds is 0. The highest BCUT2D eigenvalue weighted by atomic mass is 16.5. The van der Waals surface area contributed by atoms with Gasteiger partial charge in [0.2, 0.25) is 5.88 Å². The van der Waals surface area contributed by atoms with Gasteiger partial charge in [0.05, 0.1) is 6.20 Å². The van der Waals surface area contributed by atoms with Gasteiger partial charge in [-0.1, -0.05) is 0 Å². The number of fused-ring (bicyclic) bond motifs is 1. The molecule has 1 aromatic rings. The number of nitrogens with zero attached hydrogens (tertiary/aromatic N) is 2.